The number of anilines is 1. The van der Waals surface area contributed by atoms with Crippen LogP contribution in [0, 0.1) is 0 Å². The van der Waals surface area contributed by atoms with Crippen molar-refractivity contribution in [1.82, 2.24) is 0 Å². The molecule has 2 aromatic carbocycles. The van der Waals surface area contributed by atoms with Crippen molar-refractivity contribution in [3.63, 3.8) is 0 Å². The van der Waals surface area contributed by atoms with Crippen molar-refractivity contribution in [3.8, 4) is 11.5 Å². The van der Waals surface area contributed by atoms with E-state index in [-0.39, 0.29) is 0 Å². The van der Waals surface area contributed by atoms with E-state index >= 15 is 0 Å². The smallest absolute Gasteiger partial charge is 0.162 e. The Hall–Kier alpha value is -2.01. The van der Waals surface area contributed by atoms with Crippen LogP contribution in [-0.2, 0) is 16.6 Å². The number of para-hydroxylation sites is 1. The van der Waals surface area contributed by atoms with Gasteiger partial charge in [-0.2, -0.15) is 0 Å². The average Bonchev–Trinajstić information content (AvgIpc) is 2.49. The van der Waals surface area contributed by atoms with Gasteiger partial charge in [0.15, 0.2) is 11.5 Å². The number of ether oxygens (including phenoxy) is 2. The van der Waals surface area contributed by atoms with Crippen molar-refractivity contribution in [3.05, 3.63) is 48.0 Å². The maximum atomic E-state index is 12.4. The molecule has 0 amide bonds. The first-order valence-electron chi connectivity index (χ1n) is 6.35. The molecule has 2 N–H and O–H groups in total. The first-order chi connectivity index (χ1) is 9.74. The zero-order valence-electron chi connectivity index (χ0n) is 10.9. The van der Waals surface area contributed by atoms with E-state index in [1.54, 1.807) is 12.1 Å². The van der Waals surface area contributed by atoms with Gasteiger partial charge in [-0.1, -0.05) is 18.2 Å². The molecule has 1 unspecified atom stereocenters. The molecule has 1 aliphatic rings. The summed E-state index contributed by atoms with van der Waals surface area (Å²) in [5, 5.41) is 0. The molecule has 0 bridgehead atoms. The van der Waals surface area contributed by atoms with E-state index in [0.29, 0.717) is 36.2 Å². The van der Waals surface area contributed by atoms with Crippen LogP contribution in [0.2, 0.25) is 0 Å². The van der Waals surface area contributed by atoms with Gasteiger partial charge in [-0.25, -0.2) is 0 Å². The third kappa shape index (κ3) is 2.63. The van der Waals surface area contributed by atoms with Gasteiger partial charge in [0.05, 0.1) is 16.6 Å². The van der Waals surface area contributed by atoms with E-state index in [9.17, 15) is 4.21 Å². The Bertz CT molecular complexity index is 657. The van der Waals surface area contributed by atoms with Crippen LogP contribution in [0.3, 0.4) is 0 Å². The Kier molecular flexibility index (Phi) is 3.60. The Balaban J connectivity index is 1.82. The van der Waals surface area contributed by atoms with E-state index in [1.807, 2.05) is 30.3 Å². The van der Waals surface area contributed by atoms with E-state index in [0.717, 1.165) is 10.5 Å². The fraction of sp³-hybridized carbons (Fsp3) is 0.200. The van der Waals surface area contributed by atoms with Crippen molar-refractivity contribution in [2.75, 3.05) is 18.9 Å². The van der Waals surface area contributed by atoms with E-state index in [2.05, 4.69) is 0 Å². The minimum Gasteiger partial charge on any atom is -0.486 e. The van der Waals surface area contributed by atoms with E-state index in [4.69, 9.17) is 15.2 Å². The monoisotopic (exact) mass is 289 g/mol. The summed E-state index contributed by atoms with van der Waals surface area (Å²) < 4.78 is 23.4. The molecular formula is C15H15NO3S. The fourth-order valence-corrected chi connectivity index (χ4v) is 3.23. The molecule has 0 saturated carbocycles. The van der Waals surface area contributed by atoms with Gasteiger partial charge in [0, 0.05) is 16.6 Å². The van der Waals surface area contributed by atoms with Gasteiger partial charge < -0.3 is 15.2 Å². The van der Waals surface area contributed by atoms with Gasteiger partial charge >= 0.3 is 0 Å². The highest BCUT2D eigenvalue weighted by Crippen LogP contribution is 2.32. The quantitative estimate of drug-likeness (QED) is 0.881. The summed E-state index contributed by atoms with van der Waals surface area (Å²) in [5.74, 6) is 1.76. The number of fused-ring (bicyclic) bond motifs is 1. The second-order valence-corrected chi connectivity index (χ2v) is 5.95. The normalized spacial score (nSPS) is 14.8. The number of hydrogen-bond donors (Lipinski definition) is 1. The number of nitrogens with two attached hydrogens (primary N) is 1. The first-order valence-corrected chi connectivity index (χ1v) is 7.67. The Morgan fingerprint density at radius 1 is 1.05 bits per heavy atom. The maximum absolute atomic E-state index is 12.4. The van der Waals surface area contributed by atoms with Crippen LogP contribution in [0.15, 0.2) is 47.4 Å². The lowest BCUT2D eigenvalue weighted by molar-refractivity contribution is 0.171. The van der Waals surface area contributed by atoms with E-state index in [1.165, 1.54) is 0 Å². The van der Waals surface area contributed by atoms with Crippen LogP contribution < -0.4 is 15.2 Å². The summed E-state index contributed by atoms with van der Waals surface area (Å²) >= 11 is 0. The number of benzene rings is 2. The fourth-order valence-electron chi connectivity index (χ4n) is 2.06. The lowest BCUT2D eigenvalue weighted by atomic mass is 10.2. The maximum Gasteiger partial charge on any atom is 0.162 e. The molecule has 0 radical (unpaired) electrons. The van der Waals surface area contributed by atoms with Crippen LogP contribution in [0.5, 0.6) is 11.5 Å². The van der Waals surface area contributed by atoms with E-state index < -0.39 is 10.8 Å². The van der Waals surface area contributed by atoms with Crippen LogP contribution in [0.25, 0.3) is 0 Å². The highest BCUT2D eigenvalue weighted by Gasteiger charge is 2.15. The van der Waals surface area contributed by atoms with Crippen molar-refractivity contribution in [2.45, 2.75) is 10.6 Å². The molecule has 4 nitrogen and oxygen atoms in total. The Morgan fingerprint density at radius 2 is 1.80 bits per heavy atom. The molecule has 20 heavy (non-hydrogen) atoms. The van der Waals surface area contributed by atoms with Crippen LogP contribution in [0.1, 0.15) is 5.56 Å². The highest BCUT2D eigenvalue weighted by atomic mass is 32.2. The van der Waals surface area contributed by atoms with Crippen LogP contribution in [-0.4, -0.2) is 17.4 Å². The molecular weight excluding hydrogens is 274 g/mol. The zero-order valence-corrected chi connectivity index (χ0v) is 11.7. The molecule has 1 atom stereocenters. The molecule has 0 spiro atoms. The molecule has 1 aliphatic heterocycles. The summed E-state index contributed by atoms with van der Waals surface area (Å²) in [6, 6.07) is 12.9. The lowest BCUT2D eigenvalue weighted by Crippen LogP contribution is -2.15. The molecule has 5 heteroatoms. The third-order valence-corrected chi connectivity index (χ3v) is 4.47. The zero-order chi connectivity index (χ0) is 13.9. The minimum atomic E-state index is -1.16. The molecule has 0 aliphatic carbocycles. The molecule has 0 aromatic heterocycles. The van der Waals surface area contributed by atoms with Crippen LogP contribution >= 0.6 is 0 Å². The van der Waals surface area contributed by atoms with Crippen molar-refractivity contribution < 1.29 is 13.7 Å². The number of nitrogen functional groups attached to an aromatic ring is 1. The summed E-state index contributed by atoms with van der Waals surface area (Å²) in [6.45, 7) is 1.07. The second kappa shape index (κ2) is 5.54. The summed E-state index contributed by atoms with van der Waals surface area (Å²) in [4.78, 5) is 0.720. The Morgan fingerprint density at radius 3 is 2.60 bits per heavy atom. The minimum absolute atomic E-state index is 0.395. The lowest BCUT2D eigenvalue weighted by Gasteiger charge is -2.18. The molecule has 104 valence electrons. The van der Waals surface area contributed by atoms with Gasteiger partial charge in [-0.3, -0.25) is 4.21 Å². The standard InChI is InChI=1S/C15H15NO3S/c16-13-4-2-1-3-11(13)10-20(17)12-5-6-14-15(9-12)19-8-7-18-14/h1-6,9H,7-8,10,16H2. The molecule has 0 saturated heterocycles. The first kappa shape index (κ1) is 13.0. The van der Waals surface area contributed by atoms with Crippen LogP contribution in [0.4, 0.5) is 5.69 Å². The molecule has 1 heterocycles. The SMILES string of the molecule is Nc1ccccc1CS(=O)c1ccc2c(c1)OCCO2. The molecule has 0 fully saturated rings. The topological polar surface area (TPSA) is 61.6 Å². The van der Waals surface area contributed by atoms with Crippen molar-refractivity contribution >= 4 is 16.5 Å². The number of hydrogen-bond acceptors (Lipinski definition) is 4. The van der Waals surface area contributed by atoms with Crippen molar-refractivity contribution in [1.29, 1.82) is 0 Å². The van der Waals surface area contributed by atoms with Crippen molar-refractivity contribution in [2.24, 2.45) is 0 Å². The summed E-state index contributed by atoms with van der Waals surface area (Å²) in [7, 11) is -1.16. The highest BCUT2D eigenvalue weighted by molar-refractivity contribution is 7.84. The van der Waals surface area contributed by atoms with Gasteiger partial charge in [0.25, 0.3) is 0 Å². The van der Waals surface area contributed by atoms with Gasteiger partial charge in [0.1, 0.15) is 13.2 Å². The second-order valence-electron chi connectivity index (χ2n) is 4.49. The summed E-state index contributed by atoms with van der Waals surface area (Å²) in [6.07, 6.45) is 0. The molecule has 2 aromatic rings. The predicted octanol–water partition coefficient (Wildman–Crippen LogP) is 2.35. The largest absolute Gasteiger partial charge is 0.486 e. The molecule has 3 rings (SSSR count). The van der Waals surface area contributed by atoms with Gasteiger partial charge in [0.2, 0.25) is 0 Å². The Labute approximate surface area is 120 Å². The predicted molar refractivity (Wildman–Crippen MR) is 78.4 cm³/mol. The third-order valence-electron chi connectivity index (χ3n) is 3.12. The number of rotatable bonds is 3. The van der Waals surface area contributed by atoms with Gasteiger partial charge in [-0.05, 0) is 23.8 Å². The van der Waals surface area contributed by atoms with Gasteiger partial charge in [-0.15, -0.1) is 0 Å². The average molecular weight is 289 g/mol. The summed E-state index contributed by atoms with van der Waals surface area (Å²) in [5.41, 5.74) is 7.43.